The third-order valence-corrected chi connectivity index (χ3v) is 3.92. The van der Waals surface area contributed by atoms with Gasteiger partial charge in [0.15, 0.2) is 6.10 Å². The van der Waals surface area contributed by atoms with E-state index in [1.165, 1.54) is 6.92 Å². The number of amides is 3. The molecule has 1 aromatic carbocycles. The summed E-state index contributed by atoms with van der Waals surface area (Å²) in [5, 5.41) is 3.14. The molecule has 3 amide bonds. The number of hydrogen-bond acceptors (Lipinski definition) is 4. The van der Waals surface area contributed by atoms with E-state index in [4.69, 9.17) is 16.3 Å². The molecule has 0 heterocycles. The van der Waals surface area contributed by atoms with Crippen molar-refractivity contribution in [3.63, 3.8) is 0 Å². The van der Waals surface area contributed by atoms with Crippen LogP contribution in [0, 0.1) is 19.8 Å². The molecule has 1 rings (SSSR count). The number of halogens is 1. The van der Waals surface area contributed by atoms with Crippen molar-refractivity contribution in [3.05, 3.63) is 28.3 Å². The summed E-state index contributed by atoms with van der Waals surface area (Å²) in [6.07, 6.45) is -0.841. The average molecular weight is 384 g/mol. The van der Waals surface area contributed by atoms with Crippen molar-refractivity contribution in [1.29, 1.82) is 0 Å². The number of hydrogen-bond donors (Lipinski definition) is 3. The van der Waals surface area contributed by atoms with Crippen molar-refractivity contribution >= 4 is 29.3 Å². The summed E-state index contributed by atoms with van der Waals surface area (Å²) in [6, 6.07) is 2.75. The van der Waals surface area contributed by atoms with Gasteiger partial charge < -0.3 is 10.1 Å². The summed E-state index contributed by atoms with van der Waals surface area (Å²) in [5.74, 6) is -0.909. The molecule has 8 heteroatoms. The molecule has 0 saturated heterocycles. The van der Waals surface area contributed by atoms with Crippen molar-refractivity contribution in [1.82, 2.24) is 16.2 Å². The average Bonchev–Trinajstić information content (AvgIpc) is 2.52. The van der Waals surface area contributed by atoms with Crippen LogP contribution in [0.3, 0.4) is 0 Å². The molecule has 0 aromatic heterocycles. The zero-order valence-electron chi connectivity index (χ0n) is 15.9. The van der Waals surface area contributed by atoms with E-state index in [0.29, 0.717) is 10.8 Å². The quantitative estimate of drug-likeness (QED) is 0.655. The minimum Gasteiger partial charge on any atom is -0.480 e. The Morgan fingerprint density at radius 2 is 1.50 bits per heavy atom. The molecule has 144 valence electrons. The molecular weight excluding hydrogens is 358 g/mol. The van der Waals surface area contributed by atoms with Crippen LogP contribution >= 0.6 is 11.6 Å². The zero-order valence-corrected chi connectivity index (χ0v) is 16.7. The second-order valence-electron chi connectivity index (χ2n) is 6.53. The fourth-order valence-electron chi connectivity index (χ4n) is 2.37. The predicted octanol–water partition coefficient (Wildman–Crippen LogP) is 2.03. The number of hydrazine groups is 1. The second-order valence-corrected chi connectivity index (χ2v) is 6.97. The number of rotatable bonds is 6. The van der Waals surface area contributed by atoms with Gasteiger partial charge in [0.05, 0.1) is 0 Å². The highest BCUT2D eigenvalue weighted by Gasteiger charge is 2.24. The van der Waals surface area contributed by atoms with E-state index in [9.17, 15) is 14.4 Å². The van der Waals surface area contributed by atoms with Crippen LogP contribution < -0.4 is 20.9 Å². The van der Waals surface area contributed by atoms with Crippen molar-refractivity contribution in [2.24, 2.45) is 5.92 Å². The monoisotopic (exact) mass is 383 g/mol. The highest BCUT2D eigenvalue weighted by molar-refractivity contribution is 6.30. The molecule has 0 radical (unpaired) electrons. The molecule has 0 aliphatic rings. The van der Waals surface area contributed by atoms with Crippen LogP contribution in [0.2, 0.25) is 5.02 Å². The maximum atomic E-state index is 12.2. The minimum atomic E-state index is -0.841. The standard InChI is InChI=1S/C18H26ClN3O4/c1-9(2)15(20-13(6)23)18(25)22-21-17(24)12(5)26-16-10(3)7-14(19)8-11(16)4/h7-9,12,15H,1-6H3,(H,20,23)(H,21,24)(H,22,25)/t12-,15+/m0/s1. The lowest BCUT2D eigenvalue weighted by atomic mass is 10.0. The van der Waals surface area contributed by atoms with Gasteiger partial charge in [0.1, 0.15) is 11.8 Å². The van der Waals surface area contributed by atoms with Crippen molar-refractivity contribution in [2.75, 3.05) is 0 Å². The number of carbonyl (C=O) groups excluding carboxylic acids is 3. The second kappa shape index (κ2) is 9.43. The molecule has 0 fully saturated rings. The van der Waals surface area contributed by atoms with Crippen LogP contribution in [-0.4, -0.2) is 29.9 Å². The minimum absolute atomic E-state index is 0.135. The van der Waals surface area contributed by atoms with Gasteiger partial charge in [-0.2, -0.15) is 0 Å². The van der Waals surface area contributed by atoms with Gasteiger partial charge in [-0.15, -0.1) is 0 Å². The summed E-state index contributed by atoms with van der Waals surface area (Å²) in [6.45, 7) is 10.2. The maximum absolute atomic E-state index is 12.2. The van der Waals surface area contributed by atoms with E-state index in [0.717, 1.165) is 11.1 Å². The Kier molecular flexibility index (Phi) is 7.89. The Labute approximate surface area is 158 Å². The van der Waals surface area contributed by atoms with Crippen molar-refractivity contribution in [2.45, 2.75) is 53.7 Å². The highest BCUT2D eigenvalue weighted by atomic mass is 35.5. The number of carbonyl (C=O) groups is 3. The van der Waals surface area contributed by atoms with Gasteiger partial charge in [-0.1, -0.05) is 25.4 Å². The molecule has 0 bridgehead atoms. The van der Waals surface area contributed by atoms with Gasteiger partial charge in [0.25, 0.3) is 11.8 Å². The fourth-order valence-corrected chi connectivity index (χ4v) is 2.70. The van der Waals surface area contributed by atoms with Crippen LogP contribution in [0.1, 0.15) is 38.8 Å². The van der Waals surface area contributed by atoms with E-state index in [1.54, 1.807) is 32.9 Å². The van der Waals surface area contributed by atoms with Gasteiger partial charge >= 0.3 is 0 Å². The molecule has 1 aromatic rings. The summed E-state index contributed by atoms with van der Waals surface area (Å²) < 4.78 is 5.71. The molecule has 2 atom stereocenters. The lowest BCUT2D eigenvalue weighted by Gasteiger charge is -2.22. The Morgan fingerprint density at radius 1 is 1.00 bits per heavy atom. The van der Waals surface area contributed by atoms with Gasteiger partial charge in [-0.05, 0) is 49.9 Å². The predicted molar refractivity (Wildman–Crippen MR) is 99.7 cm³/mol. The zero-order chi connectivity index (χ0) is 20.0. The Hall–Kier alpha value is -2.28. The van der Waals surface area contributed by atoms with E-state index < -0.39 is 24.0 Å². The Balaban J connectivity index is 2.67. The molecule has 0 saturated carbocycles. The van der Waals surface area contributed by atoms with E-state index >= 15 is 0 Å². The first-order valence-electron chi connectivity index (χ1n) is 8.33. The van der Waals surface area contributed by atoms with Crippen LogP contribution in [0.25, 0.3) is 0 Å². The molecule has 0 spiro atoms. The number of aryl methyl sites for hydroxylation is 2. The highest BCUT2D eigenvalue weighted by Crippen LogP contribution is 2.27. The fraction of sp³-hybridized carbons (Fsp3) is 0.500. The normalized spacial score (nSPS) is 12.9. The summed E-state index contributed by atoms with van der Waals surface area (Å²) in [4.78, 5) is 35.5. The number of ether oxygens (including phenoxy) is 1. The largest absolute Gasteiger partial charge is 0.480 e. The first-order valence-corrected chi connectivity index (χ1v) is 8.71. The Morgan fingerprint density at radius 3 is 1.96 bits per heavy atom. The van der Waals surface area contributed by atoms with Crippen LogP contribution in [0.15, 0.2) is 12.1 Å². The van der Waals surface area contributed by atoms with Crippen LogP contribution in [0.5, 0.6) is 5.75 Å². The van der Waals surface area contributed by atoms with Gasteiger partial charge in [0, 0.05) is 11.9 Å². The first-order chi connectivity index (χ1) is 12.0. The summed E-state index contributed by atoms with van der Waals surface area (Å²) in [7, 11) is 0. The lowest BCUT2D eigenvalue weighted by molar-refractivity contribution is -0.135. The summed E-state index contributed by atoms with van der Waals surface area (Å²) >= 11 is 5.98. The SMILES string of the molecule is CC(=O)N[C@@H](C(=O)NNC(=O)[C@H](C)Oc1c(C)cc(Cl)cc1C)C(C)C. The molecule has 3 N–H and O–H groups in total. The topological polar surface area (TPSA) is 96.5 Å². The summed E-state index contributed by atoms with van der Waals surface area (Å²) in [5.41, 5.74) is 6.26. The lowest BCUT2D eigenvalue weighted by Crippen LogP contribution is -2.55. The molecule has 7 nitrogen and oxygen atoms in total. The van der Waals surface area contributed by atoms with Gasteiger partial charge in [-0.3, -0.25) is 25.2 Å². The molecule has 0 aliphatic carbocycles. The first kappa shape index (κ1) is 21.8. The Bertz CT molecular complexity index is 668. The smallest absolute Gasteiger partial charge is 0.279 e. The third-order valence-electron chi connectivity index (χ3n) is 3.71. The van der Waals surface area contributed by atoms with Gasteiger partial charge in [-0.25, -0.2) is 0 Å². The molecule has 0 unspecified atom stereocenters. The van der Waals surface area contributed by atoms with Crippen LogP contribution in [0.4, 0.5) is 0 Å². The number of benzene rings is 1. The molecular formula is C18H26ClN3O4. The van der Waals surface area contributed by atoms with Crippen molar-refractivity contribution in [3.8, 4) is 5.75 Å². The van der Waals surface area contributed by atoms with E-state index in [1.807, 2.05) is 13.8 Å². The third kappa shape index (κ3) is 6.22. The van der Waals surface area contributed by atoms with E-state index in [-0.39, 0.29) is 11.8 Å². The van der Waals surface area contributed by atoms with Crippen LogP contribution in [-0.2, 0) is 14.4 Å². The van der Waals surface area contributed by atoms with Crippen molar-refractivity contribution < 1.29 is 19.1 Å². The number of nitrogens with one attached hydrogen (secondary N) is 3. The van der Waals surface area contributed by atoms with Gasteiger partial charge in [0.2, 0.25) is 5.91 Å². The molecule has 26 heavy (non-hydrogen) atoms. The van der Waals surface area contributed by atoms with E-state index in [2.05, 4.69) is 16.2 Å². The maximum Gasteiger partial charge on any atom is 0.279 e. The molecule has 0 aliphatic heterocycles.